The molecule has 1 N–H and O–H groups in total. The summed E-state index contributed by atoms with van der Waals surface area (Å²) < 4.78 is 25.4. The van der Waals surface area contributed by atoms with Gasteiger partial charge in [0.1, 0.15) is 11.6 Å². The molecule has 6 nitrogen and oxygen atoms in total. The van der Waals surface area contributed by atoms with Crippen LogP contribution in [0.4, 0.5) is 9.18 Å². The van der Waals surface area contributed by atoms with E-state index in [2.05, 4.69) is 25.0 Å². The Balaban J connectivity index is 1.53. The normalized spacial score (nSPS) is 17.9. The minimum atomic E-state index is -0.735. The van der Waals surface area contributed by atoms with Gasteiger partial charge in [0.25, 0.3) is 0 Å². The summed E-state index contributed by atoms with van der Waals surface area (Å²) in [5, 5.41) is 15.9. The van der Waals surface area contributed by atoms with Gasteiger partial charge >= 0.3 is 6.16 Å². The molecule has 0 spiro atoms. The Morgan fingerprint density at radius 3 is 2.66 bits per heavy atom. The van der Waals surface area contributed by atoms with E-state index in [1.165, 1.54) is 12.1 Å². The first-order chi connectivity index (χ1) is 16.9. The second-order valence-corrected chi connectivity index (χ2v) is 9.01. The maximum Gasteiger partial charge on any atom is 0.513 e. The van der Waals surface area contributed by atoms with Crippen molar-refractivity contribution in [1.82, 2.24) is 9.78 Å². The number of rotatable bonds is 8. The van der Waals surface area contributed by atoms with E-state index in [9.17, 15) is 14.3 Å². The number of aliphatic hydroxyl groups is 1. The van der Waals surface area contributed by atoms with Gasteiger partial charge < -0.3 is 14.6 Å². The van der Waals surface area contributed by atoms with Crippen molar-refractivity contribution in [1.29, 1.82) is 0 Å². The fourth-order valence-electron chi connectivity index (χ4n) is 4.80. The molecule has 184 valence electrons. The van der Waals surface area contributed by atoms with Crippen molar-refractivity contribution in [2.24, 2.45) is 5.41 Å². The van der Waals surface area contributed by atoms with E-state index in [1.54, 1.807) is 31.2 Å². The van der Waals surface area contributed by atoms with Crippen LogP contribution in [-0.4, -0.2) is 33.8 Å². The lowest BCUT2D eigenvalue weighted by atomic mass is 9.67. The predicted octanol–water partition coefficient (Wildman–Crippen LogP) is 5.90. The number of hydrogen-bond acceptors (Lipinski definition) is 5. The van der Waals surface area contributed by atoms with Gasteiger partial charge in [-0.3, -0.25) is 0 Å². The van der Waals surface area contributed by atoms with E-state index >= 15 is 0 Å². The molecule has 3 aromatic rings. The molecule has 1 unspecified atom stereocenters. The number of aromatic nitrogens is 2. The van der Waals surface area contributed by atoms with Crippen LogP contribution in [-0.2, 0) is 17.6 Å². The number of nitrogens with zero attached hydrogens (tertiary/aromatic N) is 2. The lowest BCUT2D eigenvalue weighted by molar-refractivity contribution is 0.0529. The highest BCUT2D eigenvalue weighted by molar-refractivity contribution is 5.64. The molecule has 1 aromatic heterocycles. The summed E-state index contributed by atoms with van der Waals surface area (Å²) in [6, 6.07) is 13.6. The first-order valence-corrected chi connectivity index (χ1v) is 12.0. The Labute approximate surface area is 205 Å². The molecule has 7 heteroatoms. The maximum atomic E-state index is 13.4. The Kier molecular flexibility index (Phi) is 7.36. The topological polar surface area (TPSA) is 73.6 Å². The molecule has 0 aliphatic heterocycles. The average molecular weight is 479 g/mol. The summed E-state index contributed by atoms with van der Waals surface area (Å²) in [7, 11) is 0. The van der Waals surface area contributed by atoms with Crippen molar-refractivity contribution >= 4 is 12.2 Å². The van der Waals surface area contributed by atoms with Gasteiger partial charge in [0.05, 0.1) is 30.3 Å². The van der Waals surface area contributed by atoms with Crippen molar-refractivity contribution < 1.29 is 23.8 Å². The van der Waals surface area contributed by atoms with Crippen LogP contribution in [0.1, 0.15) is 50.4 Å². The Bertz CT molecular complexity index is 1220. The fraction of sp³-hybridized carbons (Fsp3) is 0.357. The number of para-hydroxylation sites is 1. The highest BCUT2D eigenvalue weighted by atomic mass is 19.1. The van der Waals surface area contributed by atoms with Crippen molar-refractivity contribution in [3.63, 3.8) is 0 Å². The van der Waals surface area contributed by atoms with Gasteiger partial charge in [-0.25, -0.2) is 13.9 Å². The zero-order valence-corrected chi connectivity index (χ0v) is 20.3. The third kappa shape index (κ3) is 5.15. The van der Waals surface area contributed by atoms with Crippen LogP contribution in [0.5, 0.6) is 5.75 Å². The molecular weight excluding hydrogens is 447 g/mol. The van der Waals surface area contributed by atoms with Crippen LogP contribution in [0.2, 0.25) is 0 Å². The highest BCUT2D eigenvalue weighted by Crippen LogP contribution is 2.44. The van der Waals surface area contributed by atoms with Crippen LogP contribution >= 0.6 is 0 Å². The number of ether oxygens (including phenoxy) is 2. The number of fused-ring (bicyclic) bond motifs is 1. The van der Waals surface area contributed by atoms with Gasteiger partial charge in [-0.1, -0.05) is 37.6 Å². The van der Waals surface area contributed by atoms with Gasteiger partial charge in [-0.2, -0.15) is 5.10 Å². The van der Waals surface area contributed by atoms with E-state index in [-0.39, 0.29) is 12.4 Å². The largest absolute Gasteiger partial charge is 0.513 e. The number of hydrogen-bond donors (Lipinski definition) is 1. The molecule has 35 heavy (non-hydrogen) atoms. The first kappa shape index (κ1) is 24.7. The molecule has 0 saturated heterocycles. The van der Waals surface area contributed by atoms with Gasteiger partial charge in [-0.05, 0) is 80.1 Å². The van der Waals surface area contributed by atoms with Crippen LogP contribution in [0.25, 0.3) is 11.8 Å². The second kappa shape index (κ2) is 10.4. The lowest BCUT2D eigenvalue weighted by Crippen LogP contribution is -2.38. The number of aryl methyl sites for hydroxylation is 1. The number of carbonyl (C=O) groups is 1. The predicted molar refractivity (Wildman–Crippen MR) is 132 cm³/mol. The number of aliphatic hydroxyl groups excluding tert-OH is 1. The third-order valence-electron chi connectivity index (χ3n) is 6.79. The fourth-order valence-corrected chi connectivity index (χ4v) is 4.80. The van der Waals surface area contributed by atoms with Gasteiger partial charge in [-0.15, -0.1) is 0 Å². The van der Waals surface area contributed by atoms with Gasteiger partial charge in [0, 0.05) is 5.41 Å². The summed E-state index contributed by atoms with van der Waals surface area (Å²) in [6.07, 6.45) is 5.05. The summed E-state index contributed by atoms with van der Waals surface area (Å²) >= 11 is 0. The lowest BCUT2D eigenvalue weighted by Gasteiger charge is -2.39. The number of benzene rings is 2. The van der Waals surface area contributed by atoms with Crippen molar-refractivity contribution in [3.05, 3.63) is 82.9 Å². The van der Waals surface area contributed by atoms with Crippen LogP contribution in [0.15, 0.2) is 60.3 Å². The summed E-state index contributed by atoms with van der Waals surface area (Å²) in [5.74, 6) is 0.158. The Morgan fingerprint density at radius 2 is 1.94 bits per heavy atom. The van der Waals surface area contributed by atoms with E-state index < -0.39 is 17.7 Å². The molecular formula is C28H31FN2O4. The number of carbonyl (C=O) groups excluding carboxylic acids is 1. The standard InChI is InChI=1S/C28H31FN2O4/c1-4-21-16-24-20(18-30-31(24)23-13-11-22(29)12-14-23)17-28(21,3)26(32)15-10-19-8-6-7-9-25(19)35-27(33)34-5-2/h6-9,11-14,16,18,26,32H,4-5,10,15,17H2,1-3H3/t26-,28?/m0/s1. The number of halogens is 1. The van der Waals surface area contributed by atoms with E-state index in [0.29, 0.717) is 25.0 Å². The van der Waals surface area contributed by atoms with Gasteiger partial charge in [0.2, 0.25) is 0 Å². The zero-order chi connectivity index (χ0) is 25.0. The molecule has 0 radical (unpaired) electrons. The molecule has 1 aliphatic carbocycles. The second-order valence-electron chi connectivity index (χ2n) is 9.01. The molecule has 1 heterocycles. The van der Waals surface area contributed by atoms with E-state index in [1.807, 2.05) is 23.0 Å². The quantitative estimate of drug-likeness (QED) is 0.323. The average Bonchev–Trinajstić information content (AvgIpc) is 3.25. The van der Waals surface area contributed by atoms with Crippen molar-refractivity contribution in [2.45, 2.75) is 52.6 Å². The molecule has 2 aromatic carbocycles. The third-order valence-corrected chi connectivity index (χ3v) is 6.79. The Hall–Kier alpha value is -3.45. The zero-order valence-electron chi connectivity index (χ0n) is 20.3. The van der Waals surface area contributed by atoms with Crippen molar-refractivity contribution in [3.8, 4) is 11.4 Å². The SMILES string of the molecule is CCOC(=O)Oc1ccccc1CC[C@H](O)C1(C)Cc2cnn(-c3ccc(F)cc3)c2C=C1CC. The summed E-state index contributed by atoms with van der Waals surface area (Å²) in [4.78, 5) is 11.8. The first-order valence-electron chi connectivity index (χ1n) is 12.0. The monoisotopic (exact) mass is 478 g/mol. The van der Waals surface area contributed by atoms with Gasteiger partial charge in [0.15, 0.2) is 0 Å². The highest BCUT2D eigenvalue weighted by Gasteiger charge is 2.40. The molecule has 0 amide bonds. The van der Waals surface area contributed by atoms with Crippen LogP contribution in [0, 0.1) is 11.2 Å². The molecule has 1 aliphatic rings. The minimum absolute atomic E-state index is 0.240. The van der Waals surface area contributed by atoms with Crippen LogP contribution in [0.3, 0.4) is 0 Å². The van der Waals surface area contributed by atoms with E-state index in [0.717, 1.165) is 34.5 Å². The maximum absolute atomic E-state index is 13.4. The molecule has 0 saturated carbocycles. The Morgan fingerprint density at radius 1 is 1.20 bits per heavy atom. The van der Waals surface area contributed by atoms with Crippen molar-refractivity contribution in [2.75, 3.05) is 6.61 Å². The molecule has 0 fully saturated rings. The molecule has 2 atom stereocenters. The van der Waals surface area contributed by atoms with Crippen LogP contribution < -0.4 is 4.74 Å². The molecule has 4 rings (SSSR count). The summed E-state index contributed by atoms with van der Waals surface area (Å²) in [5.41, 5.74) is 4.31. The molecule has 0 bridgehead atoms. The van der Waals surface area contributed by atoms with E-state index in [4.69, 9.17) is 9.47 Å². The summed E-state index contributed by atoms with van der Waals surface area (Å²) in [6.45, 7) is 6.14. The minimum Gasteiger partial charge on any atom is -0.434 e. The smallest absolute Gasteiger partial charge is 0.434 e.